The van der Waals surface area contributed by atoms with Crippen LogP contribution in [0.25, 0.3) is 0 Å². The van der Waals surface area contributed by atoms with Crippen LogP contribution in [0.5, 0.6) is 0 Å². The van der Waals surface area contributed by atoms with Gasteiger partial charge in [-0.25, -0.2) is 0 Å². The van der Waals surface area contributed by atoms with Crippen LogP contribution in [-0.2, 0) is 28.6 Å². The number of ether oxygens (including phenoxy) is 3. The fourth-order valence-corrected chi connectivity index (χ4v) is 8.36. The van der Waals surface area contributed by atoms with Gasteiger partial charge in [0.15, 0.2) is 6.10 Å². The Morgan fingerprint density at radius 1 is 0.310 bits per heavy atom. The van der Waals surface area contributed by atoms with E-state index < -0.39 is 6.10 Å². The van der Waals surface area contributed by atoms with E-state index >= 15 is 0 Å². The van der Waals surface area contributed by atoms with Crippen molar-refractivity contribution in [3.8, 4) is 0 Å². The van der Waals surface area contributed by atoms with Gasteiger partial charge in [0.1, 0.15) is 13.2 Å². The molecule has 0 N–H and O–H groups in total. The van der Waals surface area contributed by atoms with Crippen LogP contribution in [0, 0.1) is 0 Å². The van der Waals surface area contributed by atoms with Crippen LogP contribution in [0.4, 0.5) is 0 Å². The Hall–Kier alpha value is -3.41. The highest BCUT2D eigenvalue weighted by Crippen LogP contribution is 2.15. The molecule has 0 aliphatic heterocycles. The van der Waals surface area contributed by atoms with Crippen molar-refractivity contribution in [2.24, 2.45) is 0 Å². The summed E-state index contributed by atoms with van der Waals surface area (Å²) in [5.41, 5.74) is 0. The summed E-state index contributed by atoms with van der Waals surface area (Å²) in [6.07, 6.45) is 77.2. The van der Waals surface area contributed by atoms with Gasteiger partial charge in [0, 0.05) is 19.3 Å². The van der Waals surface area contributed by atoms with Gasteiger partial charge < -0.3 is 14.2 Å². The first-order valence-electron chi connectivity index (χ1n) is 30.1. The molecule has 0 radical (unpaired) electrons. The van der Waals surface area contributed by atoms with Gasteiger partial charge in [-0.3, -0.25) is 14.4 Å². The van der Waals surface area contributed by atoms with Crippen molar-refractivity contribution in [2.75, 3.05) is 13.2 Å². The minimum absolute atomic E-state index is 0.0956. The molecule has 0 aromatic heterocycles. The number of rotatable bonds is 54. The molecule has 6 heteroatoms. The van der Waals surface area contributed by atoms with Crippen LogP contribution >= 0.6 is 0 Å². The molecule has 0 amide bonds. The molecule has 0 heterocycles. The van der Waals surface area contributed by atoms with Gasteiger partial charge in [-0.15, -0.1) is 0 Å². The van der Waals surface area contributed by atoms with Gasteiger partial charge in [-0.2, -0.15) is 0 Å². The van der Waals surface area contributed by atoms with Crippen molar-refractivity contribution in [3.63, 3.8) is 0 Å². The van der Waals surface area contributed by atoms with Crippen molar-refractivity contribution in [3.05, 3.63) is 85.1 Å². The summed E-state index contributed by atoms with van der Waals surface area (Å²) in [5.74, 6) is -0.935. The molecule has 1 unspecified atom stereocenters. The van der Waals surface area contributed by atoms with Gasteiger partial charge in [0.05, 0.1) is 0 Å². The zero-order chi connectivity index (χ0) is 51.4. The van der Waals surface area contributed by atoms with Crippen molar-refractivity contribution in [1.82, 2.24) is 0 Å². The molecular weight excluding hydrogens is 877 g/mol. The number of carbonyl (C=O) groups excluding carboxylic acids is 3. The minimum atomic E-state index is -0.799. The third-order valence-electron chi connectivity index (χ3n) is 12.9. The zero-order valence-electron chi connectivity index (χ0n) is 46.7. The van der Waals surface area contributed by atoms with Crippen molar-refractivity contribution in [2.45, 2.75) is 297 Å². The Kier molecular flexibility index (Phi) is 56.3. The lowest BCUT2D eigenvalue weighted by Gasteiger charge is -2.18. The number of esters is 3. The maximum Gasteiger partial charge on any atom is 0.306 e. The highest BCUT2D eigenvalue weighted by Gasteiger charge is 2.19. The van der Waals surface area contributed by atoms with E-state index in [1.807, 2.05) is 0 Å². The monoisotopic (exact) mass is 989 g/mol. The van der Waals surface area contributed by atoms with E-state index in [2.05, 4.69) is 106 Å². The largest absolute Gasteiger partial charge is 0.462 e. The van der Waals surface area contributed by atoms with Crippen LogP contribution in [0.3, 0.4) is 0 Å². The number of carbonyl (C=O) groups is 3. The van der Waals surface area contributed by atoms with Crippen LogP contribution in [0.2, 0.25) is 0 Å². The van der Waals surface area contributed by atoms with Gasteiger partial charge in [-0.1, -0.05) is 247 Å². The summed E-state index contributed by atoms with van der Waals surface area (Å²) in [6, 6.07) is 0. The third-order valence-corrected chi connectivity index (χ3v) is 12.9. The summed E-state index contributed by atoms with van der Waals surface area (Å²) in [4.78, 5) is 38.2. The Labute approximate surface area is 439 Å². The van der Waals surface area contributed by atoms with E-state index in [-0.39, 0.29) is 31.1 Å². The summed E-state index contributed by atoms with van der Waals surface area (Å²) < 4.78 is 16.9. The lowest BCUT2D eigenvalue weighted by atomic mass is 10.1. The first kappa shape index (κ1) is 67.6. The molecule has 0 fully saturated rings. The SMILES string of the molecule is CC/C=C\C/C=C\C/C=C\C/C=C\CCCCCCCCC(=O)OCC(COC(=O)CCCCC/C=C\C=C/CCCCCCCCC)OC(=O)CCCCCCC/C=C\CCCCCCCCCCC. The van der Waals surface area contributed by atoms with Crippen molar-refractivity contribution in [1.29, 1.82) is 0 Å². The molecule has 0 rings (SSSR count). The second-order valence-corrected chi connectivity index (χ2v) is 19.9. The van der Waals surface area contributed by atoms with Crippen LogP contribution in [-0.4, -0.2) is 37.2 Å². The number of allylic oxidation sites excluding steroid dienone is 14. The van der Waals surface area contributed by atoms with Gasteiger partial charge in [0.2, 0.25) is 0 Å². The van der Waals surface area contributed by atoms with Crippen LogP contribution in [0.1, 0.15) is 290 Å². The number of hydrogen-bond donors (Lipinski definition) is 0. The molecule has 0 aliphatic rings. The average Bonchev–Trinajstić information content (AvgIpc) is 3.37. The number of hydrogen-bond acceptors (Lipinski definition) is 6. The summed E-state index contributed by atoms with van der Waals surface area (Å²) in [7, 11) is 0. The molecular formula is C65H112O6. The second kappa shape index (κ2) is 59.2. The maximum atomic E-state index is 12.9. The van der Waals surface area contributed by atoms with E-state index in [9.17, 15) is 14.4 Å². The normalized spacial score (nSPS) is 12.7. The molecule has 0 aromatic rings. The summed E-state index contributed by atoms with van der Waals surface area (Å²) in [6.45, 7) is 6.50. The molecule has 0 saturated heterocycles. The minimum Gasteiger partial charge on any atom is -0.462 e. The predicted octanol–water partition coefficient (Wildman–Crippen LogP) is 20.3. The Bertz CT molecular complexity index is 1370. The summed E-state index contributed by atoms with van der Waals surface area (Å²) >= 11 is 0. The third kappa shape index (κ3) is 57.4. The first-order chi connectivity index (χ1) is 35.0. The summed E-state index contributed by atoms with van der Waals surface area (Å²) in [5, 5.41) is 0. The molecule has 0 aliphatic carbocycles. The lowest BCUT2D eigenvalue weighted by molar-refractivity contribution is -0.167. The van der Waals surface area contributed by atoms with E-state index in [4.69, 9.17) is 14.2 Å². The topological polar surface area (TPSA) is 78.9 Å². The number of unbranched alkanes of at least 4 members (excludes halogenated alkanes) is 30. The fraction of sp³-hybridized carbons (Fsp3) is 0.738. The molecule has 0 aromatic carbocycles. The smallest absolute Gasteiger partial charge is 0.306 e. The fourth-order valence-electron chi connectivity index (χ4n) is 8.36. The van der Waals surface area contributed by atoms with E-state index in [0.717, 1.165) is 122 Å². The Morgan fingerprint density at radius 2 is 0.592 bits per heavy atom. The van der Waals surface area contributed by atoms with Gasteiger partial charge in [-0.05, 0) is 109 Å². The molecule has 0 saturated carbocycles. The lowest BCUT2D eigenvalue weighted by Crippen LogP contribution is -2.30. The molecule has 408 valence electrons. The van der Waals surface area contributed by atoms with E-state index in [0.29, 0.717) is 19.3 Å². The van der Waals surface area contributed by atoms with Crippen molar-refractivity contribution < 1.29 is 28.6 Å². The molecule has 0 bridgehead atoms. The van der Waals surface area contributed by atoms with E-state index in [1.54, 1.807) is 0 Å². The second-order valence-electron chi connectivity index (χ2n) is 19.9. The molecule has 6 nitrogen and oxygen atoms in total. The molecule has 1 atom stereocenters. The highest BCUT2D eigenvalue weighted by atomic mass is 16.6. The first-order valence-corrected chi connectivity index (χ1v) is 30.1. The van der Waals surface area contributed by atoms with Crippen molar-refractivity contribution >= 4 is 17.9 Å². The van der Waals surface area contributed by atoms with Crippen LogP contribution in [0.15, 0.2) is 85.1 Å². The predicted molar refractivity (Wildman–Crippen MR) is 307 cm³/mol. The maximum absolute atomic E-state index is 12.9. The van der Waals surface area contributed by atoms with Gasteiger partial charge >= 0.3 is 17.9 Å². The van der Waals surface area contributed by atoms with Crippen LogP contribution < -0.4 is 0 Å². The molecule has 0 spiro atoms. The Morgan fingerprint density at radius 3 is 0.972 bits per heavy atom. The quantitative estimate of drug-likeness (QED) is 0.0199. The zero-order valence-corrected chi connectivity index (χ0v) is 46.7. The molecule has 71 heavy (non-hydrogen) atoms. The standard InChI is InChI=1S/C65H112O6/c1-4-7-10-13-16-19-22-25-28-31-33-35-37-40-43-46-49-52-55-58-64(67)70-61-62(60-69-63(66)57-54-51-48-45-42-39-36-30-27-24-21-18-15-12-9-6-3)71-65(68)59-56-53-50-47-44-41-38-34-32-29-26-23-20-17-14-11-8-5-2/h7,10,16,19,25,28,30,33-36,38-39,42,62H,4-6,8-9,11-15,17-18,20-24,26-27,29,31-32,37,40-41,43-61H2,1-3H3/b10-7-,19-16-,28-25-,35-33-,36-30-,38-34-,42-39-. The average molecular weight is 990 g/mol. The highest BCUT2D eigenvalue weighted by molar-refractivity contribution is 5.71. The van der Waals surface area contributed by atoms with Gasteiger partial charge in [0.25, 0.3) is 0 Å². The van der Waals surface area contributed by atoms with E-state index in [1.165, 1.54) is 128 Å². The Balaban J connectivity index is 4.45.